The van der Waals surface area contributed by atoms with Gasteiger partial charge in [0.15, 0.2) is 0 Å². The van der Waals surface area contributed by atoms with Crippen LogP contribution in [-0.2, 0) is 6.54 Å². The summed E-state index contributed by atoms with van der Waals surface area (Å²) in [6, 6.07) is 17.5. The Balaban J connectivity index is 1.16. The molecule has 29 heavy (non-hydrogen) atoms. The minimum atomic E-state index is 0.323. The van der Waals surface area contributed by atoms with Crippen molar-refractivity contribution in [2.75, 3.05) is 19.6 Å². The predicted octanol–water partition coefficient (Wildman–Crippen LogP) is 4.01. The smallest absolute Gasteiger partial charge is 0.204 e. The van der Waals surface area contributed by atoms with E-state index in [1.807, 2.05) is 42.5 Å². The molecule has 0 spiro atoms. The Kier molecular flexibility index (Phi) is 6.32. The van der Waals surface area contributed by atoms with E-state index in [0.29, 0.717) is 11.6 Å². The predicted molar refractivity (Wildman–Crippen MR) is 114 cm³/mol. The molecule has 0 fully saturated rings. The molecule has 0 bridgehead atoms. The molecular weight excluding hydrogens is 362 g/mol. The van der Waals surface area contributed by atoms with E-state index in [1.165, 1.54) is 17.6 Å². The van der Waals surface area contributed by atoms with Crippen molar-refractivity contribution in [2.45, 2.75) is 32.2 Å². The number of aromatic hydroxyl groups is 1. The van der Waals surface area contributed by atoms with E-state index in [0.717, 1.165) is 51.0 Å². The highest BCUT2D eigenvalue weighted by molar-refractivity contribution is 5.67. The molecule has 1 aliphatic rings. The van der Waals surface area contributed by atoms with Crippen LogP contribution in [0.2, 0.25) is 0 Å². The third-order valence-corrected chi connectivity index (χ3v) is 5.35. The molecule has 0 unspecified atom stereocenters. The van der Waals surface area contributed by atoms with E-state index in [1.54, 1.807) is 16.9 Å². The zero-order chi connectivity index (χ0) is 19.9. The zero-order valence-electron chi connectivity index (χ0n) is 16.6. The second-order valence-corrected chi connectivity index (χ2v) is 7.46. The number of phenolic OH excluding ortho intramolecular Hbond substituents is 1. The number of benzene rings is 2. The van der Waals surface area contributed by atoms with E-state index in [-0.39, 0.29) is 0 Å². The first kappa shape index (κ1) is 19.3. The molecule has 1 aromatic heterocycles. The van der Waals surface area contributed by atoms with Gasteiger partial charge < -0.3 is 5.11 Å². The highest BCUT2D eigenvalue weighted by Crippen LogP contribution is 2.24. The van der Waals surface area contributed by atoms with Crippen molar-refractivity contribution in [3.63, 3.8) is 0 Å². The summed E-state index contributed by atoms with van der Waals surface area (Å²) < 4.78 is 0. The van der Waals surface area contributed by atoms with Crippen molar-refractivity contribution in [1.29, 1.82) is 0 Å². The maximum absolute atomic E-state index is 9.42. The Bertz CT molecular complexity index is 933. The molecule has 0 amide bonds. The van der Waals surface area contributed by atoms with Crippen molar-refractivity contribution < 1.29 is 5.11 Å². The van der Waals surface area contributed by atoms with Gasteiger partial charge in [0, 0.05) is 18.7 Å². The van der Waals surface area contributed by atoms with Crippen LogP contribution in [0.3, 0.4) is 0 Å². The number of aromatic nitrogens is 4. The molecule has 0 atom stereocenters. The van der Waals surface area contributed by atoms with Crippen molar-refractivity contribution in [2.24, 2.45) is 0 Å². The third kappa shape index (κ3) is 5.29. The quantitative estimate of drug-likeness (QED) is 0.590. The van der Waals surface area contributed by atoms with Gasteiger partial charge in [-0.2, -0.15) is 4.80 Å². The molecule has 0 saturated carbocycles. The molecule has 6 nitrogen and oxygen atoms in total. The van der Waals surface area contributed by atoms with Crippen molar-refractivity contribution >= 4 is 5.57 Å². The monoisotopic (exact) mass is 389 g/mol. The molecule has 3 aromatic rings. The first-order valence-electron chi connectivity index (χ1n) is 10.3. The van der Waals surface area contributed by atoms with E-state index in [9.17, 15) is 5.11 Å². The molecule has 4 rings (SSSR count). The van der Waals surface area contributed by atoms with Gasteiger partial charge in [0.2, 0.25) is 5.82 Å². The number of nitrogens with zero attached hydrogens (tertiary/aromatic N) is 5. The van der Waals surface area contributed by atoms with Gasteiger partial charge in [-0.15, -0.1) is 10.2 Å². The number of unbranched alkanes of at least 4 members (excludes halogenated alkanes) is 2. The van der Waals surface area contributed by atoms with Crippen LogP contribution in [0.1, 0.15) is 31.2 Å². The fourth-order valence-electron chi connectivity index (χ4n) is 3.66. The lowest BCUT2D eigenvalue weighted by Gasteiger charge is -2.26. The Morgan fingerprint density at radius 1 is 0.862 bits per heavy atom. The molecular formula is C23H27N5O. The summed E-state index contributed by atoms with van der Waals surface area (Å²) >= 11 is 0. The van der Waals surface area contributed by atoms with Gasteiger partial charge in [0.05, 0.1) is 6.54 Å². The van der Waals surface area contributed by atoms with E-state index < -0.39 is 0 Å². The summed E-state index contributed by atoms with van der Waals surface area (Å²) in [5.41, 5.74) is 3.61. The Morgan fingerprint density at radius 2 is 1.66 bits per heavy atom. The molecule has 2 heterocycles. The van der Waals surface area contributed by atoms with Crippen molar-refractivity contribution in [3.05, 3.63) is 66.2 Å². The molecule has 150 valence electrons. The Hall–Kier alpha value is -2.99. The average molecular weight is 390 g/mol. The van der Waals surface area contributed by atoms with Gasteiger partial charge in [0.1, 0.15) is 5.75 Å². The highest BCUT2D eigenvalue weighted by Gasteiger charge is 2.12. The summed E-state index contributed by atoms with van der Waals surface area (Å²) in [7, 11) is 0. The minimum absolute atomic E-state index is 0.323. The zero-order valence-corrected chi connectivity index (χ0v) is 16.6. The summed E-state index contributed by atoms with van der Waals surface area (Å²) in [6.45, 7) is 4.03. The number of hydrogen-bond donors (Lipinski definition) is 1. The van der Waals surface area contributed by atoms with E-state index in [2.05, 4.69) is 26.4 Å². The van der Waals surface area contributed by atoms with Crippen molar-refractivity contribution in [1.82, 2.24) is 25.1 Å². The van der Waals surface area contributed by atoms with Gasteiger partial charge in [-0.1, -0.05) is 55.0 Å². The molecule has 0 saturated heterocycles. The number of aryl methyl sites for hydroxylation is 1. The van der Waals surface area contributed by atoms with Gasteiger partial charge in [-0.3, -0.25) is 4.90 Å². The second-order valence-electron chi connectivity index (χ2n) is 7.46. The van der Waals surface area contributed by atoms with Gasteiger partial charge >= 0.3 is 0 Å². The van der Waals surface area contributed by atoms with Crippen LogP contribution >= 0.6 is 0 Å². The highest BCUT2D eigenvalue weighted by atomic mass is 16.3. The largest absolute Gasteiger partial charge is 0.508 e. The number of tetrazole rings is 1. The van der Waals surface area contributed by atoms with Crippen LogP contribution < -0.4 is 0 Å². The third-order valence-electron chi connectivity index (χ3n) is 5.35. The molecule has 2 aromatic carbocycles. The van der Waals surface area contributed by atoms with Crippen LogP contribution in [0.5, 0.6) is 5.75 Å². The maximum atomic E-state index is 9.42. The second kappa shape index (κ2) is 9.47. The summed E-state index contributed by atoms with van der Waals surface area (Å²) in [5, 5.41) is 22.2. The fraction of sp³-hybridized carbons (Fsp3) is 0.348. The average Bonchev–Trinajstić information content (AvgIpc) is 3.24. The number of phenols is 1. The van der Waals surface area contributed by atoms with Crippen molar-refractivity contribution in [3.8, 4) is 17.1 Å². The lowest BCUT2D eigenvalue weighted by Crippen LogP contribution is -2.29. The molecule has 1 N–H and O–H groups in total. The van der Waals surface area contributed by atoms with Gasteiger partial charge in [0.25, 0.3) is 0 Å². The minimum Gasteiger partial charge on any atom is -0.508 e. The lowest BCUT2D eigenvalue weighted by molar-refractivity contribution is 0.292. The summed E-state index contributed by atoms with van der Waals surface area (Å²) in [6.07, 6.45) is 6.79. The Morgan fingerprint density at radius 3 is 2.41 bits per heavy atom. The van der Waals surface area contributed by atoms with Gasteiger partial charge in [-0.05, 0) is 54.3 Å². The first-order valence-corrected chi connectivity index (χ1v) is 10.3. The van der Waals surface area contributed by atoms with Crippen LogP contribution in [0.4, 0.5) is 0 Å². The maximum Gasteiger partial charge on any atom is 0.204 e. The molecule has 6 heteroatoms. The fourth-order valence-corrected chi connectivity index (χ4v) is 3.66. The number of rotatable bonds is 8. The van der Waals surface area contributed by atoms with Crippen LogP contribution in [0, 0.1) is 0 Å². The van der Waals surface area contributed by atoms with E-state index >= 15 is 0 Å². The van der Waals surface area contributed by atoms with E-state index in [4.69, 9.17) is 0 Å². The number of hydrogen-bond acceptors (Lipinski definition) is 5. The van der Waals surface area contributed by atoms with Crippen LogP contribution in [0.15, 0.2) is 60.7 Å². The van der Waals surface area contributed by atoms with Crippen LogP contribution in [0.25, 0.3) is 17.0 Å². The standard InChI is InChI=1S/C23H27N5O/c29-22-11-9-19(10-12-22)20-13-17-27(18-14-20)15-5-2-6-16-28-25-23(24-26-28)21-7-3-1-4-8-21/h1,3-4,7-13,29H,2,5-6,14-18H2. The Labute approximate surface area is 171 Å². The van der Waals surface area contributed by atoms with Crippen LogP contribution in [-0.4, -0.2) is 49.8 Å². The normalized spacial score (nSPS) is 14.7. The SMILES string of the molecule is Oc1ccc(C2=CCN(CCCCCn3nnc(-c4ccccc4)n3)CC2)cc1. The topological polar surface area (TPSA) is 67.1 Å². The van der Waals surface area contributed by atoms with Gasteiger partial charge in [-0.25, -0.2) is 0 Å². The molecule has 1 aliphatic heterocycles. The lowest BCUT2D eigenvalue weighted by atomic mass is 9.99. The molecule has 0 aliphatic carbocycles. The summed E-state index contributed by atoms with van der Waals surface area (Å²) in [4.78, 5) is 4.21. The molecule has 0 radical (unpaired) electrons. The summed E-state index contributed by atoms with van der Waals surface area (Å²) in [5.74, 6) is 1.01. The first-order chi connectivity index (χ1) is 14.3.